The Morgan fingerprint density at radius 2 is 1.60 bits per heavy atom. The Labute approximate surface area is 204 Å². The van der Waals surface area contributed by atoms with Gasteiger partial charge < -0.3 is 19.1 Å². The van der Waals surface area contributed by atoms with Crippen LogP contribution >= 0.6 is 0 Å². The van der Waals surface area contributed by atoms with Gasteiger partial charge in [-0.05, 0) is 35.6 Å². The highest BCUT2D eigenvalue weighted by atomic mass is 32.2. The lowest BCUT2D eigenvalue weighted by molar-refractivity contribution is -0.307. The number of para-hydroxylation sites is 1. The van der Waals surface area contributed by atoms with E-state index in [4.69, 9.17) is 9.15 Å². The molecule has 1 N–H and O–H groups in total. The average Bonchev–Trinajstić information content (AvgIpc) is 3.27. The van der Waals surface area contributed by atoms with E-state index in [0.29, 0.717) is 24.2 Å². The van der Waals surface area contributed by atoms with E-state index in [2.05, 4.69) is 4.72 Å². The zero-order valence-corrected chi connectivity index (χ0v) is 19.9. The first-order valence-corrected chi connectivity index (χ1v) is 13.0. The molecule has 0 fully saturated rings. The van der Waals surface area contributed by atoms with Gasteiger partial charge in [-0.3, -0.25) is 0 Å². The monoisotopic (exact) mass is 492 g/mol. The smallest absolute Gasteiger partial charge is 0.211 e. The van der Waals surface area contributed by atoms with Crippen molar-refractivity contribution in [3.05, 3.63) is 102 Å². The molecule has 0 atom stereocenters. The van der Waals surface area contributed by atoms with Crippen LogP contribution in [0.4, 0.5) is 0 Å². The van der Waals surface area contributed by atoms with E-state index in [-0.39, 0.29) is 18.2 Å². The van der Waals surface area contributed by atoms with Gasteiger partial charge >= 0.3 is 0 Å². The molecule has 0 aliphatic rings. The van der Waals surface area contributed by atoms with Crippen LogP contribution < -0.4 is 14.6 Å². The summed E-state index contributed by atoms with van der Waals surface area (Å²) in [5, 5.41) is 11.4. The third kappa shape index (κ3) is 6.49. The van der Waals surface area contributed by atoms with Crippen molar-refractivity contribution in [2.75, 3.05) is 18.9 Å². The summed E-state index contributed by atoms with van der Waals surface area (Å²) in [6.45, 7) is -0.371. The Hall–Kier alpha value is -3.62. The quantitative estimate of drug-likeness (QED) is 0.325. The van der Waals surface area contributed by atoms with Crippen molar-refractivity contribution in [3.63, 3.8) is 0 Å². The number of ether oxygens (including phenoxy) is 1. The Bertz CT molecular complexity index is 1330. The summed E-state index contributed by atoms with van der Waals surface area (Å²) in [5.74, 6) is -1.06. The largest absolute Gasteiger partial charge is 0.546 e. The average molecular weight is 493 g/mol. The molecular formula is C27H26NO6S-. The molecule has 0 aliphatic heterocycles. The van der Waals surface area contributed by atoms with Gasteiger partial charge in [0.05, 0.1) is 18.0 Å². The van der Waals surface area contributed by atoms with Crippen molar-refractivity contribution in [1.82, 2.24) is 4.72 Å². The molecule has 4 rings (SSSR count). The van der Waals surface area contributed by atoms with E-state index in [1.165, 1.54) is 6.26 Å². The Morgan fingerprint density at radius 3 is 2.23 bits per heavy atom. The Balaban J connectivity index is 1.38. The van der Waals surface area contributed by atoms with E-state index < -0.39 is 22.6 Å². The topological polar surface area (TPSA) is 109 Å². The molecular weight excluding hydrogens is 466 g/mol. The molecule has 1 heterocycles. The molecule has 7 nitrogen and oxygen atoms in total. The first-order valence-electron chi connectivity index (χ1n) is 11.3. The number of carbonyl (C=O) groups is 1. The fraction of sp³-hybridized carbons (Fsp3) is 0.222. The molecule has 0 saturated heterocycles. The van der Waals surface area contributed by atoms with E-state index in [9.17, 15) is 18.3 Å². The molecule has 0 saturated carbocycles. The van der Waals surface area contributed by atoms with Crippen LogP contribution in [0, 0.1) is 0 Å². The lowest BCUT2D eigenvalue weighted by Crippen LogP contribution is -2.29. The number of fused-ring (bicyclic) bond motifs is 1. The van der Waals surface area contributed by atoms with E-state index in [1.54, 1.807) is 12.1 Å². The van der Waals surface area contributed by atoms with Gasteiger partial charge in [0.25, 0.3) is 0 Å². The standard InChI is InChI=1S/C27H27NO6S/c29-26(30)19-33-25-13-7-12-24-22(18-34-27(24)25)14-16-28-35(31,32)17-15-23(20-8-3-1-4-9-20)21-10-5-2-6-11-21/h1-13,18,23,28H,14-17,19H2,(H,29,30)/p-1. The molecule has 1 aromatic heterocycles. The molecule has 0 radical (unpaired) electrons. The van der Waals surface area contributed by atoms with E-state index in [0.717, 1.165) is 22.1 Å². The van der Waals surface area contributed by atoms with Crippen LogP contribution in [0.3, 0.4) is 0 Å². The van der Waals surface area contributed by atoms with Crippen LogP contribution in [0.5, 0.6) is 5.75 Å². The Morgan fingerprint density at radius 1 is 0.943 bits per heavy atom. The fourth-order valence-electron chi connectivity index (χ4n) is 4.11. The fourth-order valence-corrected chi connectivity index (χ4v) is 5.21. The number of carboxylic acids is 1. The molecule has 182 valence electrons. The summed E-state index contributed by atoms with van der Waals surface area (Å²) < 4.78 is 39.0. The molecule has 0 unspecified atom stereocenters. The number of aliphatic carboxylic acids is 1. The second-order valence-corrected chi connectivity index (χ2v) is 10.1. The Kier molecular flexibility index (Phi) is 7.84. The van der Waals surface area contributed by atoms with Crippen LogP contribution in [-0.2, 0) is 21.2 Å². The van der Waals surface area contributed by atoms with Crippen molar-refractivity contribution < 1.29 is 27.5 Å². The predicted molar refractivity (Wildman–Crippen MR) is 132 cm³/mol. The molecule has 0 amide bonds. The van der Waals surface area contributed by atoms with Gasteiger partial charge in [0.2, 0.25) is 10.0 Å². The molecule has 8 heteroatoms. The first-order chi connectivity index (χ1) is 16.9. The molecule has 0 spiro atoms. The van der Waals surface area contributed by atoms with Gasteiger partial charge in [-0.2, -0.15) is 0 Å². The van der Waals surface area contributed by atoms with Gasteiger partial charge in [0.1, 0.15) is 6.61 Å². The minimum Gasteiger partial charge on any atom is -0.546 e. The van der Waals surface area contributed by atoms with Crippen molar-refractivity contribution in [3.8, 4) is 5.75 Å². The second-order valence-electron chi connectivity index (χ2n) is 8.18. The third-order valence-corrected chi connectivity index (χ3v) is 7.20. The number of hydrogen-bond donors (Lipinski definition) is 1. The summed E-state index contributed by atoms with van der Waals surface area (Å²) in [6.07, 6.45) is 2.40. The number of benzene rings is 3. The van der Waals surface area contributed by atoms with Crippen LogP contribution in [0.15, 0.2) is 89.5 Å². The number of carboxylic acid groups (broad SMARTS) is 1. The highest BCUT2D eigenvalue weighted by Crippen LogP contribution is 2.30. The van der Waals surface area contributed by atoms with E-state index in [1.807, 2.05) is 66.7 Å². The summed E-state index contributed by atoms with van der Waals surface area (Å²) in [6, 6.07) is 25.0. The van der Waals surface area contributed by atoms with Crippen LogP contribution in [-0.4, -0.2) is 33.3 Å². The SMILES string of the molecule is O=C([O-])COc1cccc2c(CCNS(=O)(=O)CCC(c3ccccc3)c3ccccc3)coc12. The summed E-state index contributed by atoms with van der Waals surface area (Å²) in [4.78, 5) is 10.7. The predicted octanol–water partition coefficient (Wildman–Crippen LogP) is 3.25. The van der Waals surface area contributed by atoms with Crippen molar-refractivity contribution in [2.24, 2.45) is 0 Å². The van der Waals surface area contributed by atoms with Crippen molar-refractivity contribution in [1.29, 1.82) is 0 Å². The highest BCUT2D eigenvalue weighted by Gasteiger charge is 2.19. The lowest BCUT2D eigenvalue weighted by atomic mass is 9.89. The van der Waals surface area contributed by atoms with Crippen molar-refractivity contribution in [2.45, 2.75) is 18.8 Å². The molecule has 0 bridgehead atoms. The number of carbonyl (C=O) groups excluding carboxylic acids is 1. The number of sulfonamides is 1. The summed E-state index contributed by atoms with van der Waals surface area (Å²) >= 11 is 0. The summed E-state index contributed by atoms with van der Waals surface area (Å²) in [5.41, 5.74) is 3.37. The third-order valence-electron chi connectivity index (χ3n) is 5.78. The molecule has 0 aliphatic carbocycles. The minimum absolute atomic E-state index is 0.00516. The highest BCUT2D eigenvalue weighted by molar-refractivity contribution is 7.89. The zero-order valence-electron chi connectivity index (χ0n) is 19.1. The normalized spacial score (nSPS) is 11.7. The number of hydrogen-bond acceptors (Lipinski definition) is 6. The van der Waals surface area contributed by atoms with Crippen molar-refractivity contribution >= 4 is 27.0 Å². The van der Waals surface area contributed by atoms with Gasteiger partial charge in [-0.15, -0.1) is 0 Å². The second kappa shape index (κ2) is 11.2. The maximum atomic E-state index is 12.8. The van der Waals surface area contributed by atoms with Gasteiger partial charge in [-0.25, -0.2) is 13.1 Å². The van der Waals surface area contributed by atoms with Gasteiger partial charge in [0.15, 0.2) is 11.3 Å². The minimum atomic E-state index is -3.50. The van der Waals surface area contributed by atoms with Gasteiger partial charge in [-0.1, -0.05) is 72.8 Å². The molecule has 4 aromatic rings. The summed E-state index contributed by atoms with van der Waals surface area (Å²) in [7, 11) is -3.50. The van der Waals surface area contributed by atoms with Crippen LogP contribution in [0.2, 0.25) is 0 Å². The number of furan rings is 1. The maximum Gasteiger partial charge on any atom is 0.211 e. The molecule has 35 heavy (non-hydrogen) atoms. The number of rotatable bonds is 12. The molecule has 3 aromatic carbocycles. The van der Waals surface area contributed by atoms with Crippen LogP contribution in [0.25, 0.3) is 11.0 Å². The van der Waals surface area contributed by atoms with Crippen LogP contribution in [0.1, 0.15) is 29.0 Å². The first kappa shape index (κ1) is 24.5. The zero-order chi connectivity index (χ0) is 24.7. The lowest BCUT2D eigenvalue weighted by Gasteiger charge is -2.18. The van der Waals surface area contributed by atoms with E-state index >= 15 is 0 Å². The number of nitrogens with one attached hydrogen (secondary N) is 1. The maximum absolute atomic E-state index is 12.8. The van der Waals surface area contributed by atoms with Gasteiger partial charge in [0, 0.05) is 17.8 Å².